The van der Waals surface area contributed by atoms with Crippen molar-refractivity contribution in [2.24, 2.45) is 0 Å². The van der Waals surface area contributed by atoms with Crippen LogP contribution >= 0.6 is 63.1 Å². The Labute approximate surface area is 790 Å². The van der Waals surface area contributed by atoms with Crippen molar-refractivity contribution in [2.75, 3.05) is 0 Å². The lowest BCUT2D eigenvalue weighted by molar-refractivity contribution is 0.0724. The molecular weight excluding hydrogens is 1770 g/mol. The van der Waals surface area contributed by atoms with Crippen LogP contribution in [-0.4, -0.2) is 29.8 Å². The lowest BCUT2D eigenvalue weighted by atomic mass is 10.0. The van der Waals surface area contributed by atoms with E-state index in [2.05, 4.69) is 34.6 Å². The van der Waals surface area contributed by atoms with Crippen molar-refractivity contribution in [2.45, 2.75) is 284 Å². The molecule has 10 aromatic rings. The van der Waals surface area contributed by atoms with Crippen LogP contribution in [0.4, 0.5) is 45.5 Å². The third-order valence-electron chi connectivity index (χ3n) is 20.6. The Morgan fingerprint density at radius 1 is 0.200 bits per heavy atom. The van der Waals surface area contributed by atoms with Gasteiger partial charge in [-0.2, -0.15) is 0 Å². The molecule has 0 fully saturated rings. The van der Waals surface area contributed by atoms with E-state index in [1.807, 2.05) is 60.7 Å². The first-order chi connectivity index (χ1) is 60.5. The Bertz CT molecular complexity index is 4140. The maximum absolute atomic E-state index is 13.4. The number of hydrogen-bond acceptors (Lipinski definition) is 10. The fourth-order valence-corrected chi connectivity index (χ4v) is 13.8. The highest BCUT2D eigenvalue weighted by Gasteiger charge is 2.17. The molecular formula is C105H125F10O10S5. The lowest BCUT2D eigenvalue weighted by Crippen LogP contribution is -2.08. The summed E-state index contributed by atoms with van der Waals surface area (Å²) in [5.74, 6) is -4.49. The van der Waals surface area contributed by atoms with Crippen molar-refractivity contribution in [1.29, 1.82) is 0 Å². The number of carbonyl (C=O) groups excluding carboxylic acids is 5. The summed E-state index contributed by atoms with van der Waals surface area (Å²) < 4.78 is 93.0. The summed E-state index contributed by atoms with van der Waals surface area (Å²) in [6.07, 6.45) is 43.1. The minimum absolute atomic E-state index is 0. The highest BCUT2D eigenvalue weighted by atomic mass is 32.1. The average molecular weight is 1900 g/mol. The van der Waals surface area contributed by atoms with E-state index in [9.17, 15) is 45.9 Å². The molecule has 0 atom stereocenters. The molecule has 0 saturated heterocycles. The fraction of sp³-hybridized carbons (Fsp3) is 0.381. The molecule has 0 amide bonds. The Kier molecular flexibility index (Phi) is 62.5. The van der Waals surface area contributed by atoms with Crippen molar-refractivity contribution >= 4 is 93.0 Å². The van der Waals surface area contributed by atoms with Crippen LogP contribution in [-0.2, 0) is 32.1 Å². The highest BCUT2D eigenvalue weighted by Crippen LogP contribution is 2.28. The Morgan fingerprint density at radius 3 is 0.462 bits per heavy atom. The fourth-order valence-electron chi connectivity index (χ4n) is 13.1. The number of ether oxygens (including phenoxy) is 5. The number of halogens is 10. The van der Waals surface area contributed by atoms with Crippen molar-refractivity contribution in [3.05, 3.63) is 297 Å². The first-order valence-electron chi connectivity index (χ1n) is 44.4. The van der Waals surface area contributed by atoms with Crippen molar-refractivity contribution in [3.8, 4) is 28.7 Å². The highest BCUT2D eigenvalue weighted by molar-refractivity contribution is 7.81. The van der Waals surface area contributed by atoms with Crippen LogP contribution in [0.25, 0.3) is 0 Å². The number of carbonyl (C=O) groups is 5. The van der Waals surface area contributed by atoms with Gasteiger partial charge in [0.2, 0.25) is 0 Å². The van der Waals surface area contributed by atoms with Gasteiger partial charge in [-0.25, -0.2) is 45.9 Å². The minimum atomic E-state index is -0.561. The van der Waals surface area contributed by atoms with Crippen molar-refractivity contribution in [1.82, 2.24) is 0 Å². The molecule has 0 unspecified atom stereocenters. The van der Waals surface area contributed by atoms with Gasteiger partial charge >= 0.3 is 29.8 Å². The van der Waals surface area contributed by atoms with Gasteiger partial charge in [0.1, 0.15) is 57.8 Å². The number of hydrogen-bond donors (Lipinski definition) is 0. The number of aryl methyl sites for hydroxylation is 5. The molecule has 10 rings (SSSR count). The molecule has 0 aliphatic carbocycles. The number of unbranched alkanes of at least 4 members (excludes halogenated alkanes) is 25. The summed E-state index contributed by atoms with van der Waals surface area (Å²) in [6.45, 7) is 11.1. The van der Waals surface area contributed by atoms with Gasteiger partial charge in [-0.15, -0.1) is 0 Å². The monoisotopic (exact) mass is 1900 g/mol. The van der Waals surface area contributed by atoms with E-state index < -0.39 is 58.9 Å². The minimum Gasteiger partial charge on any atom is -0.423 e. The summed E-state index contributed by atoms with van der Waals surface area (Å²) >= 11 is 23.9. The van der Waals surface area contributed by atoms with E-state index in [1.165, 1.54) is 281 Å². The molecule has 0 N–H and O–H groups in total. The molecule has 705 valence electrons. The molecule has 0 aliphatic rings. The maximum atomic E-state index is 13.4. The molecule has 0 aliphatic heterocycles. The molecule has 130 heavy (non-hydrogen) atoms. The molecule has 0 aromatic heterocycles. The Hall–Kier alpha value is -10.1. The van der Waals surface area contributed by atoms with Crippen LogP contribution < -0.4 is 23.7 Å². The van der Waals surface area contributed by atoms with E-state index in [1.54, 1.807) is 60.7 Å². The second-order valence-electron chi connectivity index (χ2n) is 31.0. The summed E-state index contributed by atoms with van der Waals surface area (Å²) in [4.78, 5) is 61.1. The van der Waals surface area contributed by atoms with Gasteiger partial charge in [-0.05, 0) is 213 Å². The standard InChI is InChI=1S/5C21H24FO2S.5FH/c5*1-2-3-4-5-6-7-8-16-9-11-17(12-10-16)21(23)24-18-13-14-20(25)19(22)15-18;;;;;/h5*9-15H,2-8H2,1H3;5*1H. The van der Waals surface area contributed by atoms with Crippen molar-refractivity contribution < 1.29 is 93.1 Å². The van der Waals surface area contributed by atoms with Crippen LogP contribution in [0, 0.1) is 29.1 Å². The van der Waals surface area contributed by atoms with E-state index in [-0.39, 0.29) is 76.7 Å². The molecule has 0 bridgehead atoms. The quantitative estimate of drug-likeness (QED) is 0.0157. The largest absolute Gasteiger partial charge is 0.423 e. The molecule has 0 heterocycles. The SMILES string of the molecule is CCCCCCCCc1ccc(C(=O)Oc2ccc([S])c(F)c2)cc1.CCCCCCCCc1ccc(C(=O)Oc2ccc([S])c(F)c2)cc1.CCCCCCCCc1ccc(C(=O)Oc2ccc([S])c(F)c2)cc1.CCCCCCCCc1ccc(C(=O)Oc2ccc([S])c(F)c2)cc1.CCCCCCCCc1ccc(C(=O)Oc2ccc([S])c(F)c2)cc1.F.F.F.F.F. The lowest BCUT2D eigenvalue weighted by Gasteiger charge is -2.06. The molecule has 5 radical (unpaired) electrons. The van der Waals surface area contributed by atoms with Crippen LogP contribution in [0.1, 0.15) is 307 Å². The Morgan fingerprint density at radius 2 is 0.331 bits per heavy atom. The number of esters is 5. The van der Waals surface area contributed by atoms with Crippen LogP contribution in [0.2, 0.25) is 0 Å². The van der Waals surface area contributed by atoms with Crippen LogP contribution in [0.3, 0.4) is 0 Å². The normalized spacial score (nSPS) is 10.2. The Balaban J connectivity index is 0.000000805. The zero-order valence-corrected chi connectivity index (χ0v) is 79.1. The summed E-state index contributed by atoms with van der Waals surface area (Å²) in [6, 6.07) is 57.3. The van der Waals surface area contributed by atoms with E-state index >= 15 is 0 Å². The second-order valence-corrected chi connectivity index (χ2v) is 33.2. The predicted molar refractivity (Wildman–Crippen MR) is 516 cm³/mol. The predicted octanol–water partition coefficient (Wildman–Crippen LogP) is 33.3. The first-order valence-corrected chi connectivity index (χ1v) is 46.4. The topological polar surface area (TPSA) is 132 Å². The van der Waals surface area contributed by atoms with Gasteiger partial charge in [0.15, 0.2) is 0 Å². The van der Waals surface area contributed by atoms with E-state index in [4.69, 9.17) is 86.8 Å². The number of benzene rings is 10. The van der Waals surface area contributed by atoms with Crippen LogP contribution in [0.15, 0.2) is 237 Å². The molecule has 0 saturated carbocycles. The van der Waals surface area contributed by atoms with Crippen molar-refractivity contribution in [3.63, 3.8) is 0 Å². The molecule has 10 aromatic carbocycles. The van der Waals surface area contributed by atoms with E-state index in [0.717, 1.165) is 62.4 Å². The zero-order valence-electron chi connectivity index (χ0n) is 75.0. The van der Waals surface area contributed by atoms with Gasteiger partial charge in [-0.1, -0.05) is 319 Å². The second kappa shape index (κ2) is 68.9. The smallest absolute Gasteiger partial charge is 0.343 e. The third kappa shape index (κ3) is 47.2. The summed E-state index contributed by atoms with van der Waals surface area (Å²) in [5, 5.41) is 0. The molecule has 0 spiro atoms. The summed E-state index contributed by atoms with van der Waals surface area (Å²) in [5.41, 5.74) is 8.35. The van der Waals surface area contributed by atoms with Gasteiger partial charge in [0.05, 0.1) is 52.3 Å². The van der Waals surface area contributed by atoms with Gasteiger partial charge in [-0.3, -0.25) is 23.5 Å². The molecule has 25 heteroatoms. The maximum Gasteiger partial charge on any atom is 0.343 e. The van der Waals surface area contributed by atoms with Gasteiger partial charge in [0, 0.05) is 30.3 Å². The summed E-state index contributed by atoms with van der Waals surface area (Å²) in [7, 11) is 0. The van der Waals surface area contributed by atoms with Gasteiger partial charge in [0.25, 0.3) is 0 Å². The van der Waals surface area contributed by atoms with E-state index in [0.29, 0.717) is 27.8 Å². The van der Waals surface area contributed by atoms with Gasteiger partial charge < -0.3 is 23.7 Å². The third-order valence-corrected chi connectivity index (χ3v) is 22.3. The average Bonchev–Trinajstić information content (AvgIpc) is 0.997. The number of rotatable bonds is 45. The molecule has 10 nitrogen and oxygen atoms in total. The zero-order chi connectivity index (χ0) is 90.4. The first kappa shape index (κ1) is 118. The van der Waals surface area contributed by atoms with Crippen LogP contribution in [0.5, 0.6) is 28.7 Å².